The molecule has 0 amide bonds. The first-order chi connectivity index (χ1) is 6.84. The molecule has 0 aliphatic carbocycles. The molecule has 1 atom stereocenters. The smallest absolute Gasteiger partial charge is 0.417 e. The summed E-state index contributed by atoms with van der Waals surface area (Å²) in [4.78, 5) is 9.72. The SMILES string of the molecule is CC(OCCO[C]=O)c1ccccc1. The molecule has 1 unspecified atom stereocenters. The van der Waals surface area contributed by atoms with Crippen molar-refractivity contribution < 1.29 is 14.3 Å². The molecular formula is C11H13O3. The Morgan fingerprint density at radius 2 is 2.00 bits per heavy atom. The van der Waals surface area contributed by atoms with Gasteiger partial charge in [-0.15, -0.1) is 0 Å². The lowest BCUT2D eigenvalue weighted by Gasteiger charge is -2.12. The zero-order valence-corrected chi connectivity index (χ0v) is 8.10. The molecule has 0 saturated carbocycles. The highest BCUT2D eigenvalue weighted by atomic mass is 16.5. The molecule has 0 aromatic heterocycles. The highest BCUT2D eigenvalue weighted by molar-refractivity contribution is 5.38. The minimum absolute atomic E-state index is 0.0199. The van der Waals surface area contributed by atoms with E-state index in [2.05, 4.69) is 4.74 Å². The van der Waals surface area contributed by atoms with Crippen molar-refractivity contribution in [3.8, 4) is 0 Å². The highest BCUT2D eigenvalue weighted by Crippen LogP contribution is 2.15. The first kappa shape index (κ1) is 10.7. The second kappa shape index (κ2) is 6.16. The van der Waals surface area contributed by atoms with Crippen molar-refractivity contribution in [1.29, 1.82) is 0 Å². The third-order valence-electron chi connectivity index (χ3n) is 1.88. The summed E-state index contributed by atoms with van der Waals surface area (Å²) >= 11 is 0. The summed E-state index contributed by atoms with van der Waals surface area (Å²) in [5.41, 5.74) is 1.11. The molecule has 0 heterocycles. The Hall–Kier alpha value is -1.35. The molecule has 0 saturated heterocycles. The maximum Gasteiger partial charge on any atom is 0.417 e. The number of hydrogen-bond acceptors (Lipinski definition) is 3. The van der Waals surface area contributed by atoms with E-state index in [1.165, 1.54) is 6.47 Å². The molecule has 0 aliphatic rings. The maximum atomic E-state index is 9.72. The number of hydrogen-bond donors (Lipinski definition) is 0. The molecule has 0 bridgehead atoms. The lowest BCUT2D eigenvalue weighted by Crippen LogP contribution is -2.06. The fraction of sp³-hybridized carbons (Fsp3) is 0.364. The van der Waals surface area contributed by atoms with Crippen molar-refractivity contribution in [3.05, 3.63) is 35.9 Å². The quantitative estimate of drug-likeness (QED) is 0.647. The number of benzene rings is 1. The molecule has 3 nitrogen and oxygen atoms in total. The van der Waals surface area contributed by atoms with Crippen molar-refractivity contribution in [2.75, 3.05) is 13.2 Å². The lowest BCUT2D eigenvalue weighted by molar-refractivity contribution is 0.0407. The van der Waals surface area contributed by atoms with Crippen LogP contribution in [0.5, 0.6) is 0 Å². The summed E-state index contributed by atoms with van der Waals surface area (Å²) in [5, 5.41) is 0. The summed E-state index contributed by atoms with van der Waals surface area (Å²) in [6.07, 6.45) is 0.0199. The van der Waals surface area contributed by atoms with Crippen LogP contribution in [0.1, 0.15) is 18.6 Å². The van der Waals surface area contributed by atoms with Gasteiger partial charge in [0.1, 0.15) is 6.61 Å². The third-order valence-corrected chi connectivity index (χ3v) is 1.88. The zero-order chi connectivity index (χ0) is 10.2. The molecule has 0 N–H and O–H groups in total. The first-order valence-electron chi connectivity index (χ1n) is 4.50. The molecule has 3 heteroatoms. The van der Waals surface area contributed by atoms with Crippen molar-refractivity contribution in [1.82, 2.24) is 0 Å². The van der Waals surface area contributed by atoms with Gasteiger partial charge in [-0.3, -0.25) is 0 Å². The van der Waals surface area contributed by atoms with E-state index in [4.69, 9.17) is 4.74 Å². The van der Waals surface area contributed by atoms with Gasteiger partial charge < -0.3 is 9.47 Å². The molecule has 1 aromatic carbocycles. The van der Waals surface area contributed by atoms with Crippen LogP contribution >= 0.6 is 0 Å². The Bertz CT molecular complexity index is 258. The highest BCUT2D eigenvalue weighted by Gasteiger charge is 2.03. The Balaban J connectivity index is 2.28. The fourth-order valence-corrected chi connectivity index (χ4v) is 1.13. The molecule has 14 heavy (non-hydrogen) atoms. The molecule has 1 aromatic rings. The van der Waals surface area contributed by atoms with E-state index in [1.807, 2.05) is 37.3 Å². The molecule has 0 aliphatic heterocycles. The molecule has 0 fully saturated rings. The van der Waals surface area contributed by atoms with Crippen LogP contribution in [0.4, 0.5) is 0 Å². The number of rotatable bonds is 6. The maximum absolute atomic E-state index is 9.72. The summed E-state index contributed by atoms with van der Waals surface area (Å²) in [7, 11) is 0. The van der Waals surface area contributed by atoms with Crippen LogP contribution in [-0.4, -0.2) is 19.7 Å². The van der Waals surface area contributed by atoms with Gasteiger partial charge in [-0.1, -0.05) is 30.3 Å². The first-order valence-corrected chi connectivity index (χ1v) is 4.50. The Labute approximate surface area is 83.6 Å². The van der Waals surface area contributed by atoms with E-state index >= 15 is 0 Å². The van der Waals surface area contributed by atoms with Gasteiger partial charge in [0, 0.05) is 0 Å². The predicted molar refractivity (Wildman–Crippen MR) is 52.5 cm³/mol. The van der Waals surface area contributed by atoms with Crippen molar-refractivity contribution in [3.63, 3.8) is 0 Å². The van der Waals surface area contributed by atoms with Gasteiger partial charge in [0.2, 0.25) is 0 Å². The van der Waals surface area contributed by atoms with E-state index in [0.29, 0.717) is 6.61 Å². The minimum atomic E-state index is 0.0199. The van der Waals surface area contributed by atoms with E-state index < -0.39 is 0 Å². The van der Waals surface area contributed by atoms with Gasteiger partial charge >= 0.3 is 6.47 Å². The summed E-state index contributed by atoms with van der Waals surface area (Å²) in [6, 6.07) is 9.88. The van der Waals surface area contributed by atoms with Crippen LogP contribution in [0.25, 0.3) is 0 Å². The topological polar surface area (TPSA) is 35.5 Å². The van der Waals surface area contributed by atoms with Gasteiger partial charge in [0.05, 0.1) is 12.7 Å². The van der Waals surface area contributed by atoms with Crippen LogP contribution in [0, 0.1) is 0 Å². The van der Waals surface area contributed by atoms with Crippen molar-refractivity contribution in [2.45, 2.75) is 13.0 Å². The van der Waals surface area contributed by atoms with Gasteiger partial charge in [-0.05, 0) is 12.5 Å². The number of ether oxygens (including phenoxy) is 2. The summed E-state index contributed by atoms with van der Waals surface area (Å²) in [6.45, 7) is 3.95. The Kier molecular flexibility index (Phi) is 4.72. The third kappa shape index (κ3) is 3.58. The van der Waals surface area contributed by atoms with E-state index in [1.54, 1.807) is 0 Å². The van der Waals surface area contributed by atoms with Gasteiger partial charge in [-0.25, -0.2) is 4.79 Å². The second-order valence-electron chi connectivity index (χ2n) is 2.86. The van der Waals surface area contributed by atoms with Crippen molar-refractivity contribution in [2.24, 2.45) is 0 Å². The predicted octanol–water partition coefficient (Wildman–Crippen LogP) is 1.85. The Morgan fingerprint density at radius 1 is 1.29 bits per heavy atom. The average Bonchev–Trinajstić information content (AvgIpc) is 2.25. The zero-order valence-electron chi connectivity index (χ0n) is 8.10. The largest absolute Gasteiger partial charge is 0.455 e. The van der Waals surface area contributed by atoms with E-state index in [0.717, 1.165) is 5.56 Å². The monoisotopic (exact) mass is 193 g/mol. The van der Waals surface area contributed by atoms with Crippen LogP contribution in [0.3, 0.4) is 0 Å². The second-order valence-corrected chi connectivity index (χ2v) is 2.86. The van der Waals surface area contributed by atoms with Gasteiger partial charge in [-0.2, -0.15) is 0 Å². The van der Waals surface area contributed by atoms with E-state index in [-0.39, 0.29) is 12.7 Å². The van der Waals surface area contributed by atoms with Gasteiger partial charge in [0.25, 0.3) is 0 Å². The minimum Gasteiger partial charge on any atom is -0.455 e. The van der Waals surface area contributed by atoms with Crippen LogP contribution in [0.2, 0.25) is 0 Å². The molecular weight excluding hydrogens is 180 g/mol. The normalized spacial score (nSPS) is 12.1. The average molecular weight is 193 g/mol. The number of carbonyl (C=O) groups excluding carboxylic acids is 1. The van der Waals surface area contributed by atoms with Crippen LogP contribution in [-0.2, 0) is 14.3 Å². The van der Waals surface area contributed by atoms with Crippen LogP contribution < -0.4 is 0 Å². The fourth-order valence-electron chi connectivity index (χ4n) is 1.13. The van der Waals surface area contributed by atoms with Crippen LogP contribution in [0.15, 0.2) is 30.3 Å². The standard InChI is InChI=1S/C11H13O3/c1-10(14-8-7-13-9-12)11-5-3-2-4-6-11/h2-6,10H,7-8H2,1H3. The summed E-state index contributed by atoms with van der Waals surface area (Å²) < 4.78 is 9.82. The lowest BCUT2D eigenvalue weighted by atomic mass is 10.1. The molecule has 1 rings (SSSR count). The molecule has 75 valence electrons. The van der Waals surface area contributed by atoms with E-state index in [9.17, 15) is 4.79 Å². The summed E-state index contributed by atoms with van der Waals surface area (Å²) in [5.74, 6) is 0. The Morgan fingerprint density at radius 3 is 2.64 bits per heavy atom. The molecule has 1 radical (unpaired) electrons. The van der Waals surface area contributed by atoms with Gasteiger partial charge in [0.15, 0.2) is 0 Å². The molecule has 0 spiro atoms. The van der Waals surface area contributed by atoms with Crippen molar-refractivity contribution >= 4 is 6.47 Å².